The number of hydrogen-bond donors (Lipinski definition) is 1. The van der Waals surface area contributed by atoms with Crippen molar-refractivity contribution in [1.82, 2.24) is 4.90 Å². The van der Waals surface area contributed by atoms with Crippen molar-refractivity contribution in [2.75, 3.05) is 19.6 Å². The van der Waals surface area contributed by atoms with Crippen LogP contribution in [-0.4, -0.2) is 35.7 Å². The third-order valence-electron chi connectivity index (χ3n) is 3.37. The van der Waals surface area contributed by atoms with E-state index in [1.807, 2.05) is 0 Å². The van der Waals surface area contributed by atoms with Crippen LogP contribution >= 0.6 is 0 Å². The van der Waals surface area contributed by atoms with Crippen molar-refractivity contribution >= 4 is 0 Å². The SMILES string of the molecule is CCCCN(CCCC)CCC(O)C(C)(C)C. The van der Waals surface area contributed by atoms with Crippen LogP contribution < -0.4 is 0 Å². The Labute approximate surface area is 108 Å². The monoisotopic (exact) mass is 243 g/mol. The molecule has 1 atom stereocenters. The van der Waals surface area contributed by atoms with E-state index in [9.17, 15) is 5.11 Å². The van der Waals surface area contributed by atoms with Gasteiger partial charge in [-0.05, 0) is 37.8 Å². The molecule has 17 heavy (non-hydrogen) atoms. The van der Waals surface area contributed by atoms with Gasteiger partial charge < -0.3 is 10.0 Å². The largest absolute Gasteiger partial charge is 0.393 e. The van der Waals surface area contributed by atoms with E-state index in [4.69, 9.17) is 0 Å². The van der Waals surface area contributed by atoms with Gasteiger partial charge >= 0.3 is 0 Å². The lowest BCUT2D eigenvalue weighted by molar-refractivity contribution is 0.0453. The van der Waals surface area contributed by atoms with Crippen molar-refractivity contribution in [3.63, 3.8) is 0 Å². The summed E-state index contributed by atoms with van der Waals surface area (Å²) < 4.78 is 0. The third-order valence-corrected chi connectivity index (χ3v) is 3.37. The standard InChI is InChI=1S/C15H33NO/c1-6-8-11-16(12-9-7-2)13-10-14(17)15(3,4)5/h14,17H,6-13H2,1-5H3. The van der Waals surface area contributed by atoms with Gasteiger partial charge in [0.05, 0.1) is 6.10 Å². The average molecular weight is 243 g/mol. The van der Waals surface area contributed by atoms with Crippen LogP contribution in [0.4, 0.5) is 0 Å². The maximum absolute atomic E-state index is 10.1. The molecule has 0 saturated carbocycles. The minimum absolute atomic E-state index is 0.0151. The molecule has 0 radical (unpaired) electrons. The molecular weight excluding hydrogens is 210 g/mol. The summed E-state index contributed by atoms with van der Waals surface area (Å²) in [6, 6.07) is 0. The van der Waals surface area contributed by atoms with E-state index in [1.54, 1.807) is 0 Å². The van der Waals surface area contributed by atoms with Crippen LogP contribution in [0, 0.1) is 5.41 Å². The summed E-state index contributed by atoms with van der Waals surface area (Å²) in [5.41, 5.74) is 0.0151. The normalized spacial score (nSPS) is 14.3. The van der Waals surface area contributed by atoms with Crippen LogP contribution in [0.1, 0.15) is 66.7 Å². The predicted molar refractivity (Wildman–Crippen MR) is 76.3 cm³/mol. The van der Waals surface area contributed by atoms with Gasteiger partial charge in [0.1, 0.15) is 0 Å². The van der Waals surface area contributed by atoms with E-state index >= 15 is 0 Å². The Balaban J connectivity index is 3.96. The number of aliphatic hydroxyl groups is 1. The number of unbranched alkanes of at least 4 members (excludes halogenated alkanes) is 2. The fourth-order valence-corrected chi connectivity index (χ4v) is 1.84. The lowest BCUT2D eigenvalue weighted by Crippen LogP contribution is -2.33. The lowest BCUT2D eigenvalue weighted by atomic mass is 9.87. The fraction of sp³-hybridized carbons (Fsp3) is 1.00. The number of aliphatic hydroxyl groups excluding tert-OH is 1. The summed E-state index contributed by atoms with van der Waals surface area (Å²) in [4.78, 5) is 2.52. The highest BCUT2D eigenvalue weighted by Gasteiger charge is 2.22. The topological polar surface area (TPSA) is 23.5 Å². The second-order valence-electron chi connectivity index (χ2n) is 6.22. The highest BCUT2D eigenvalue weighted by atomic mass is 16.3. The zero-order valence-corrected chi connectivity index (χ0v) is 12.6. The van der Waals surface area contributed by atoms with Crippen molar-refractivity contribution in [3.05, 3.63) is 0 Å². The third kappa shape index (κ3) is 8.62. The molecule has 1 N–H and O–H groups in total. The summed E-state index contributed by atoms with van der Waals surface area (Å²) in [6.45, 7) is 14.2. The predicted octanol–water partition coefficient (Wildman–Crippen LogP) is 3.69. The van der Waals surface area contributed by atoms with Gasteiger partial charge in [-0.2, -0.15) is 0 Å². The van der Waals surface area contributed by atoms with Gasteiger partial charge in [-0.3, -0.25) is 0 Å². The molecule has 0 aromatic heterocycles. The van der Waals surface area contributed by atoms with Crippen LogP contribution in [0.25, 0.3) is 0 Å². The molecule has 0 aliphatic heterocycles. The van der Waals surface area contributed by atoms with Gasteiger partial charge in [-0.15, -0.1) is 0 Å². The van der Waals surface area contributed by atoms with Gasteiger partial charge in [0.15, 0.2) is 0 Å². The van der Waals surface area contributed by atoms with Crippen LogP contribution in [0.2, 0.25) is 0 Å². The molecule has 0 saturated heterocycles. The maximum Gasteiger partial charge on any atom is 0.0600 e. The summed E-state index contributed by atoms with van der Waals surface area (Å²) in [5.74, 6) is 0. The molecule has 2 heteroatoms. The smallest absolute Gasteiger partial charge is 0.0600 e. The molecular formula is C15H33NO. The molecule has 0 rings (SSSR count). The second-order valence-corrected chi connectivity index (χ2v) is 6.22. The van der Waals surface area contributed by atoms with E-state index in [0.29, 0.717) is 0 Å². The number of nitrogens with zero attached hydrogens (tertiary/aromatic N) is 1. The average Bonchev–Trinajstić information content (AvgIpc) is 2.26. The zero-order chi connectivity index (χ0) is 13.3. The Bertz CT molecular complexity index is 166. The lowest BCUT2D eigenvalue weighted by Gasteiger charge is -2.29. The van der Waals surface area contributed by atoms with Crippen LogP contribution in [0.5, 0.6) is 0 Å². The Morgan fingerprint density at radius 2 is 1.41 bits per heavy atom. The van der Waals surface area contributed by atoms with Crippen LogP contribution in [0.3, 0.4) is 0 Å². The highest BCUT2D eigenvalue weighted by molar-refractivity contribution is 4.74. The first-order valence-electron chi connectivity index (χ1n) is 7.32. The molecule has 0 aromatic carbocycles. The van der Waals surface area contributed by atoms with Crippen molar-refractivity contribution in [2.45, 2.75) is 72.8 Å². The minimum Gasteiger partial charge on any atom is -0.393 e. The van der Waals surface area contributed by atoms with Crippen molar-refractivity contribution in [3.8, 4) is 0 Å². The fourth-order valence-electron chi connectivity index (χ4n) is 1.84. The first-order chi connectivity index (χ1) is 7.91. The molecule has 0 bridgehead atoms. The van der Waals surface area contributed by atoms with E-state index in [0.717, 1.165) is 13.0 Å². The molecule has 1 unspecified atom stereocenters. The van der Waals surface area contributed by atoms with Gasteiger partial charge in [0, 0.05) is 6.54 Å². The van der Waals surface area contributed by atoms with Gasteiger partial charge in [-0.25, -0.2) is 0 Å². The Hall–Kier alpha value is -0.0800. The number of rotatable bonds is 9. The van der Waals surface area contributed by atoms with Crippen molar-refractivity contribution in [1.29, 1.82) is 0 Å². The summed E-state index contributed by atoms with van der Waals surface area (Å²) >= 11 is 0. The summed E-state index contributed by atoms with van der Waals surface area (Å²) in [7, 11) is 0. The quantitative estimate of drug-likeness (QED) is 0.667. The molecule has 0 spiro atoms. The molecule has 0 heterocycles. The Kier molecular flexibility index (Phi) is 8.89. The van der Waals surface area contributed by atoms with E-state index in [2.05, 4.69) is 39.5 Å². The van der Waals surface area contributed by atoms with Gasteiger partial charge in [0.25, 0.3) is 0 Å². The van der Waals surface area contributed by atoms with Gasteiger partial charge in [-0.1, -0.05) is 47.5 Å². The minimum atomic E-state index is -0.187. The van der Waals surface area contributed by atoms with Crippen LogP contribution in [-0.2, 0) is 0 Å². The van der Waals surface area contributed by atoms with Crippen molar-refractivity contribution in [2.24, 2.45) is 5.41 Å². The van der Waals surface area contributed by atoms with Crippen LogP contribution in [0.15, 0.2) is 0 Å². The first-order valence-corrected chi connectivity index (χ1v) is 7.32. The zero-order valence-electron chi connectivity index (χ0n) is 12.6. The second kappa shape index (κ2) is 8.93. The van der Waals surface area contributed by atoms with E-state index < -0.39 is 0 Å². The van der Waals surface area contributed by atoms with E-state index in [-0.39, 0.29) is 11.5 Å². The van der Waals surface area contributed by atoms with Gasteiger partial charge in [0.2, 0.25) is 0 Å². The van der Waals surface area contributed by atoms with E-state index in [1.165, 1.54) is 38.8 Å². The molecule has 0 aliphatic carbocycles. The highest BCUT2D eigenvalue weighted by Crippen LogP contribution is 2.21. The molecule has 0 amide bonds. The molecule has 2 nitrogen and oxygen atoms in total. The first kappa shape index (κ1) is 16.9. The summed E-state index contributed by atoms with van der Waals surface area (Å²) in [6.07, 6.45) is 5.77. The Morgan fingerprint density at radius 1 is 0.941 bits per heavy atom. The Morgan fingerprint density at radius 3 is 1.76 bits per heavy atom. The molecule has 0 aromatic rings. The number of hydrogen-bond acceptors (Lipinski definition) is 2. The maximum atomic E-state index is 10.1. The molecule has 0 fully saturated rings. The molecule has 0 aliphatic rings. The molecule has 104 valence electrons. The van der Waals surface area contributed by atoms with Crippen molar-refractivity contribution < 1.29 is 5.11 Å². The summed E-state index contributed by atoms with van der Waals surface area (Å²) in [5, 5.41) is 10.1.